The van der Waals surface area contributed by atoms with Crippen molar-refractivity contribution in [3.05, 3.63) is 70.8 Å². The molecular weight excluding hydrogens is 899 g/mol. The summed E-state index contributed by atoms with van der Waals surface area (Å²) in [6.45, 7) is 22.7. The molecule has 0 aromatic heterocycles. The third-order valence-electron chi connectivity index (χ3n) is 9.58. The summed E-state index contributed by atoms with van der Waals surface area (Å²) in [5.41, 5.74) is 0.794. The number of nitriles is 2. The average molecular weight is 958 g/mol. The quantitative estimate of drug-likeness (QED) is 0.182. The predicted molar refractivity (Wildman–Crippen MR) is 230 cm³/mol. The van der Waals surface area contributed by atoms with Crippen LogP contribution in [0.25, 0.3) is 0 Å². The number of likely N-dealkylation sites (tertiary alicyclic amines) is 2. The third kappa shape index (κ3) is 18.0. The van der Waals surface area contributed by atoms with Gasteiger partial charge in [-0.2, -0.15) is 5.26 Å². The van der Waals surface area contributed by atoms with Gasteiger partial charge in [0.05, 0.1) is 11.4 Å². The largest absolute Gasteiger partial charge is 0.762 e. The second-order valence-corrected chi connectivity index (χ2v) is 23.5. The van der Waals surface area contributed by atoms with Gasteiger partial charge >= 0.3 is 19.7 Å². The van der Waals surface area contributed by atoms with E-state index in [1.54, 1.807) is 41.5 Å². The molecule has 6 unspecified atom stereocenters. The molecule has 2 aliphatic heterocycles. The van der Waals surface area contributed by atoms with Gasteiger partial charge in [0, 0.05) is 66.8 Å². The van der Waals surface area contributed by atoms with E-state index in [4.69, 9.17) is 42.7 Å². The second-order valence-electron chi connectivity index (χ2n) is 17.9. The number of alkyl halides is 2. The van der Waals surface area contributed by atoms with Gasteiger partial charge in [-0.05, 0) is 104 Å². The van der Waals surface area contributed by atoms with Crippen LogP contribution in [0.15, 0.2) is 36.4 Å². The Morgan fingerprint density at radius 2 is 1.08 bits per heavy atom. The van der Waals surface area contributed by atoms with E-state index in [0.717, 1.165) is 25.3 Å². The Morgan fingerprint density at radius 3 is 1.38 bits per heavy atom. The van der Waals surface area contributed by atoms with Crippen molar-refractivity contribution in [2.75, 3.05) is 31.6 Å². The van der Waals surface area contributed by atoms with E-state index in [0.29, 0.717) is 24.0 Å². The van der Waals surface area contributed by atoms with E-state index in [1.165, 1.54) is 34.1 Å². The lowest BCUT2D eigenvalue weighted by molar-refractivity contribution is -0.0235. The minimum absolute atomic E-state index is 0.110. The van der Waals surface area contributed by atoms with Crippen LogP contribution in [0.5, 0.6) is 0 Å². The molecule has 2 aromatic carbocycles. The van der Waals surface area contributed by atoms with Crippen LogP contribution >= 0.6 is 23.2 Å². The molecule has 2 saturated heterocycles. The first kappa shape index (κ1) is 57.3. The van der Waals surface area contributed by atoms with Crippen molar-refractivity contribution in [1.29, 1.82) is 10.5 Å². The number of hydrogen-bond donors (Lipinski definition) is 1. The number of carbonyl (C=O) groups is 2. The van der Waals surface area contributed by atoms with E-state index < -0.39 is 85.4 Å². The molecule has 2 aromatic rings. The number of aliphatic hydroxyl groups is 1. The highest BCUT2D eigenvalue weighted by atomic mass is 35.5. The molecule has 10 nitrogen and oxygen atoms in total. The smallest absolute Gasteiger partial charge is 0.444 e. The predicted octanol–water partition coefficient (Wildman–Crippen LogP) is 10.9. The van der Waals surface area contributed by atoms with Crippen LogP contribution in [0.1, 0.15) is 79.4 Å². The van der Waals surface area contributed by atoms with Crippen molar-refractivity contribution in [3.8, 4) is 11.8 Å². The Bertz CT molecular complexity index is 1870. The minimum atomic E-state index is -3.67. The molecule has 4 aliphatic rings. The summed E-state index contributed by atoms with van der Waals surface area (Å²) in [6, 6.07) is 8.26. The number of nitrogens with zero attached hydrogens (tertiary/aromatic N) is 4. The molecule has 1 N–H and O–H groups in total. The van der Waals surface area contributed by atoms with E-state index in [-0.39, 0.29) is 30.3 Å². The van der Waals surface area contributed by atoms with Crippen molar-refractivity contribution in [3.63, 3.8) is 0 Å². The maximum atomic E-state index is 13.5. The number of fused-ring (bicyclic) bond motifs is 2. The summed E-state index contributed by atoms with van der Waals surface area (Å²) in [4.78, 5) is 27.1. The van der Waals surface area contributed by atoms with Gasteiger partial charge in [-0.15, -0.1) is 23.2 Å². The van der Waals surface area contributed by atoms with Crippen molar-refractivity contribution in [2.24, 2.45) is 11.8 Å². The zero-order chi connectivity index (χ0) is 48.9. The lowest BCUT2D eigenvalue weighted by Gasteiger charge is -2.28. The zero-order valence-electron chi connectivity index (χ0n) is 37.5. The van der Waals surface area contributed by atoms with E-state index >= 15 is 0 Å². The van der Waals surface area contributed by atoms with Crippen LogP contribution in [0.4, 0.5) is 40.1 Å². The van der Waals surface area contributed by atoms with Crippen LogP contribution in [-0.4, -0.2) is 97.8 Å². The monoisotopic (exact) mass is 956 g/mol. The Morgan fingerprint density at radius 1 is 0.762 bits per heavy atom. The van der Waals surface area contributed by atoms with E-state index in [9.17, 15) is 50.5 Å². The Labute approximate surface area is 377 Å². The van der Waals surface area contributed by atoms with Gasteiger partial charge in [-0.3, -0.25) is 22.7 Å². The molecule has 4 fully saturated rings. The average Bonchev–Trinajstić information content (AvgIpc) is 3.99. The van der Waals surface area contributed by atoms with Crippen LogP contribution in [0.2, 0.25) is 19.6 Å². The van der Waals surface area contributed by atoms with Gasteiger partial charge in [-0.1, -0.05) is 19.6 Å². The number of piperidine rings is 2. The molecule has 6 rings (SSSR count). The number of hydrogen-bond acceptors (Lipinski definition) is 8. The fourth-order valence-corrected chi connectivity index (χ4v) is 6.95. The summed E-state index contributed by atoms with van der Waals surface area (Å²) < 4.78 is 98.3. The Hall–Kier alpha value is -3.75. The highest BCUT2D eigenvalue weighted by Gasteiger charge is 2.68. The number of amides is 2. The molecule has 6 atom stereocenters. The number of benzene rings is 2. The SMILES string of the molecule is CC(C)(C)OC(=O)N1CC2(c3cc(F)cc(F)c3)CC2C1C#N.CC(C)(C)OC(=O)N1CC2(c3cc(F)cc(F)c3)CC2C1O.CCOCC.C[Si](C)(C)C#N.ClCCl.FB(F)F. The molecule has 0 spiro atoms. The van der Waals surface area contributed by atoms with Gasteiger partial charge in [-0.25, -0.2) is 32.4 Å². The fraction of sp³-hybridized carbons (Fsp3) is 0.619. The molecule has 21 heteroatoms. The summed E-state index contributed by atoms with van der Waals surface area (Å²) in [5.74, 6) is -2.92. The molecule has 0 radical (unpaired) electrons. The Kier molecular flexibility index (Phi) is 21.8. The summed E-state index contributed by atoms with van der Waals surface area (Å²) in [5, 5.41) is 28.1. The highest BCUT2D eigenvalue weighted by molar-refractivity contribution is 6.83. The normalized spacial score (nSPS) is 23.5. The number of rotatable bonds is 4. The molecule has 2 saturated carbocycles. The summed E-state index contributed by atoms with van der Waals surface area (Å²) in [7, 11) is -4.99. The standard InChI is InChI=1S/C17H18F2N2O2.C16H19F2NO3.C4H9NSi.C4H10O.CH2Cl2.BF3/c1-16(2,3)23-15(22)21-9-17(7-13(17)14(21)8-20)10-4-11(18)6-12(19)5-10;1-15(2,3)22-14(21)19-8-16(7-12(16)13(19)20)9-4-10(17)6-11(18)5-9;1-6(2,3)4-5;1-3-5-4-2;2-1-3;2-1(3)4/h4-6,13-14H,7,9H2,1-3H3;4-6,12-13,20H,7-8H2,1-3H3;1-3H3;3-4H2,1-2H3;1H2;. The number of carbonyl (C=O) groups excluding carboxylic acids is 2. The number of aliphatic hydroxyl groups excluding tert-OH is 1. The van der Waals surface area contributed by atoms with Crippen LogP contribution < -0.4 is 0 Å². The van der Waals surface area contributed by atoms with Crippen molar-refractivity contribution >= 4 is 51.0 Å². The topological polar surface area (TPSA) is 136 Å². The van der Waals surface area contributed by atoms with Gasteiger partial charge in [0.2, 0.25) is 0 Å². The van der Waals surface area contributed by atoms with Crippen molar-refractivity contribution < 1.29 is 59.4 Å². The molecule has 2 amide bonds. The van der Waals surface area contributed by atoms with Crippen LogP contribution in [-0.2, 0) is 25.0 Å². The molecule has 63 heavy (non-hydrogen) atoms. The maximum absolute atomic E-state index is 13.5. The first-order chi connectivity index (χ1) is 28.9. The number of halogens is 9. The third-order valence-corrected chi connectivity index (χ3v) is 10.2. The lowest BCUT2D eigenvalue weighted by Crippen LogP contribution is -2.42. The van der Waals surface area contributed by atoms with Crippen LogP contribution in [0, 0.1) is 57.4 Å². The first-order valence-corrected chi connectivity index (χ1v) is 24.5. The maximum Gasteiger partial charge on any atom is 0.762 e. The van der Waals surface area contributed by atoms with Crippen LogP contribution in [0.3, 0.4) is 0 Å². The van der Waals surface area contributed by atoms with Gasteiger partial charge in [0.1, 0.15) is 46.7 Å². The zero-order valence-corrected chi connectivity index (χ0v) is 40.0. The Balaban J connectivity index is 0.000000457. The minimum Gasteiger partial charge on any atom is -0.444 e. The van der Waals surface area contributed by atoms with Gasteiger partial charge < -0.3 is 19.3 Å². The fourth-order valence-electron chi connectivity index (χ4n) is 6.95. The van der Waals surface area contributed by atoms with E-state index in [1.807, 2.05) is 33.5 Å². The summed E-state index contributed by atoms with van der Waals surface area (Å²) >= 11 is 9.53. The van der Waals surface area contributed by atoms with Crippen molar-refractivity contribution in [2.45, 2.75) is 122 Å². The highest BCUT2D eigenvalue weighted by Crippen LogP contribution is 2.63. The second kappa shape index (κ2) is 24.0. The number of ether oxygens (including phenoxy) is 3. The van der Waals surface area contributed by atoms with E-state index in [2.05, 4.69) is 11.8 Å². The molecule has 2 heterocycles. The lowest BCUT2D eigenvalue weighted by atomic mass is 9.94. The molecular formula is C42H58BCl2F7N4O6Si. The van der Waals surface area contributed by atoms with Gasteiger partial charge in [0.25, 0.3) is 0 Å². The first-order valence-electron chi connectivity index (χ1n) is 19.9. The summed E-state index contributed by atoms with van der Waals surface area (Å²) in [6.07, 6.45) is -0.902. The van der Waals surface area contributed by atoms with Crippen molar-refractivity contribution in [1.82, 2.24) is 9.80 Å². The molecule has 0 bridgehead atoms. The molecule has 2 aliphatic carbocycles. The van der Waals surface area contributed by atoms with Gasteiger partial charge in [0.15, 0.2) is 8.07 Å². The molecule has 352 valence electrons.